The van der Waals surface area contributed by atoms with Crippen molar-refractivity contribution in [3.63, 3.8) is 0 Å². The number of hydrogen-bond acceptors (Lipinski definition) is 5. The summed E-state index contributed by atoms with van der Waals surface area (Å²) in [6.45, 7) is 0.453. The Morgan fingerprint density at radius 3 is 2.74 bits per heavy atom. The molecule has 2 rings (SSSR count). The fraction of sp³-hybridized carbons (Fsp3) is 0.353. The van der Waals surface area contributed by atoms with E-state index in [1.807, 2.05) is 30.3 Å². The highest BCUT2D eigenvalue weighted by molar-refractivity contribution is 5.76. The van der Waals surface area contributed by atoms with Crippen LogP contribution in [0.1, 0.15) is 25.2 Å². The lowest BCUT2D eigenvalue weighted by molar-refractivity contribution is -0.140. The average molecular weight is 316 g/mol. The maximum atomic E-state index is 11.7. The lowest BCUT2D eigenvalue weighted by Gasteiger charge is -2.03. The van der Waals surface area contributed by atoms with Crippen LogP contribution in [-0.4, -0.2) is 30.5 Å². The number of carbonyl (C=O) groups excluding carboxylic acids is 2. The van der Waals surface area contributed by atoms with Crippen molar-refractivity contribution in [1.29, 1.82) is 0 Å². The molecule has 0 saturated heterocycles. The molecular weight excluding hydrogens is 296 g/mol. The van der Waals surface area contributed by atoms with E-state index < -0.39 is 0 Å². The van der Waals surface area contributed by atoms with Crippen LogP contribution in [0.2, 0.25) is 0 Å². The highest BCUT2D eigenvalue weighted by Crippen LogP contribution is 2.20. The van der Waals surface area contributed by atoms with Crippen molar-refractivity contribution in [2.45, 2.75) is 25.7 Å². The lowest BCUT2D eigenvalue weighted by Crippen LogP contribution is -2.25. The fourth-order valence-corrected chi connectivity index (χ4v) is 2.03. The third-order valence-corrected chi connectivity index (χ3v) is 3.29. The van der Waals surface area contributed by atoms with Gasteiger partial charge in [0.1, 0.15) is 0 Å². The lowest BCUT2D eigenvalue weighted by atomic mass is 10.2. The number of amides is 1. The number of nitrogens with zero attached hydrogens (tertiary/aromatic N) is 1. The van der Waals surface area contributed by atoms with Gasteiger partial charge < -0.3 is 14.5 Å². The number of carbonyl (C=O) groups is 2. The van der Waals surface area contributed by atoms with Crippen LogP contribution >= 0.6 is 0 Å². The maximum absolute atomic E-state index is 11.7. The second kappa shape index (κ2) is 8.73. The third kappa shape index (κ3) is 5.58. The minimum Gasteiger partial charge on any atom is -0.469 e. The number of benzene rings is 1. The Hall–Kier alpha value is -2.63. The van der Waals surface area contributed by atoms with Gasteiger partial charge in [-0.05, 0) is 6.42 Å². The molecule has 0 saturated carbocycles. The molecule has 0 aliphatic heterocycles. The molecule has 122 valence electrons. The predicted molar refractivity (Wildman–Crippen MR) is 84.5 cm³/mol. The van der Waals surface area contributed by atoms with Gasteiger partial charge in [0.2, 0.25) is 5.91 Å². The molecular formula is C17H20N2O4. The summed E-state index contributed by atoms with van der Waals surface area (Å²) in [5.74, 6) is 0.870. The summed E-state index contributed by atoms with van der Waals surface area (Å²) in [5, 5.41) is 2.75. The molecule has 6 nitrogen and oxygen atoms in total. The number of esters is 1. The summed E-state index contributed by atoms with van der Waals surface area (Å²) in [7, 11) is 1.35. The maximum Gasteiger partial charge on any atom is 0.305 e. The number of oxazole rings is 1. The molecule has 0 atom stereocenters. The van der Waals surface area contributed by atoms with Crippen LogP contribution in [0, 0.1) is 0 Å². The second-order valence-corrected chi connectivity index (χ2v) is 5.01. The molecule has 0 bridgehead atoms. The van der Waals surface area contributed by atoms with E-state index in [1.165, 1.54) is 7.11 Å². The number of rotatable bonds is 8. The molecule has 2 aromatic rings. The topological polar surface area (TPSA) is 81.4 Å². The van der Waals surface area contributed by atoms with E-state index in [4.69, 9.17) is 4.42 Å². The highest BCUT2D eigenvalue weighted by atomic mass is 16.5. The van der Waals surface area contributed by atoms with Gasteiger partial charge in [0.05, 0.1) is 13.3 Å². The molecule has 23 heavy (non-hydrogen) atoms. The molecule has 1 heterocycles. The second-order valence-electron chi connectivity index (χ2n) is 5.01. The molecule has 1 aromatic heterocycles. The number of methoxy groups -OCH3 is 1. The van der Waals surface area contributed by atoms with Crippen LogP contribution in [0.5, 0.6) is 0 Å². The molecule has 0 aliphatic carbocycles. The fourth-order valence-electron chi connectivity index (χ4n) is 2.03. The van der Waals surface area contributed by atoms with Crippen LogP contribution in [0.4, 0.5) is 0 Å². The summed E-state index contributed by atoms with van der Waals surface area (Å²) in [6.07, 6.45) is 3.27. The Kier molecular flexibility index (Phi) is 6.35. The van der Waals surface area contributed by atoms with E-state index in [-0.39, 0.29) is 11.9 Å². The quantitative estimate of drug-likeness (QED) is 0.597. The number of ether oxygens (including phenoxy) is 1. The van der Waals surface area contributed by atoms with Crippen LogP contribution in [0.15, 0.2) is 40.9 Å². The van der Waals surface area contributed by atoms with Crippen LogP contribution in [0.3, 0.4) is 0 Å². The van der Waals surface area contributed by atoms with Gasteiger partial charge in [0.25, 0.3) is 0 Å². The molecule has 0 aliphatic rings. The summed E-state index contributed by atoms with van der Waals surface area (Å²) >= 11 is 0. The van der Waals surface area contributed by atoms with Crippen LogP contribution in [0.25, 0.3) is 11.3 Å². The smallest absolute Gasteiger partial charge is 0.305 e. The van der Waals surface area contributed by atoms with Crippen molar-refractivity contribution in [1.82, 2.24) is 10.3 Å². The van der Waals surface area contributed by atoms with Gasteiger partial charge in [-0.2, -0.15) is 0 Å². The first-order valence-corrected chi connectivity index (χ1v) is 7.52. The first-order valence-electron chi connectivity index (χ1n) is 7.52. The van der Waals surface area contributed by atoms with E-state index in [1.54, 1.807) is 6.20 Å². The van der Waals surface area contributed by atoms with Gasteiger partial charge in [-0.1, -0.05) is 30.3 Å². The number of aryl methyl sites for hydroxylation is 1. The molecule has 0 unspecified atom stereocenters. The average Bonchev–Trinajstić information content (AvgIpc) is 3.06. The first-order chi connectivity index (χ1) is 11.2. The zero-order valence-electron chi connectivity index (χ0n) is 13.1. The summed E-state index contributed by atoms with van der Waals surface area (Å²) in [5.41, 5.74) is 0.957. The molecule has 1 N–H and O–H groups in total. The molecule has 0 spiro atoms. The molecule has 0 fully saturated rings. The third-order valence-electron chi connectivity index (χ3n) is 3.29. The first kappa shape index (κ1) is 16.7. The Bertz CT molecular complexity index is 637. The van der Waals surface area contributed by atoms with E-state index >= 15 is 0 Å². The van der Waals surface area contributed by atoms with Crippen molar-refractivity contribution >= 4 is 11.9 Å². The van der Waals surface area contributed by atoms with Gasteiger partial charge in [-0.25, -0.2) is 4.98 Å². The van der Waals surface area contributed by atoms with Crippen LogP contribution in [-0.2, 0) is 20.7 Å². The monoisotopic (exact) mass is 316 g/mol. The van der Waals surface area contributed by atoms with Gasteiger partial charge in [0.15, 0.2) is 11.7 Å². The SMILES string of the molecule is COC(=O)CCCNC(=O)CCc1ncc(-c2ccccc2)o1. The molecule has 1 aromatic carbocycles. The largest absolute Gasteiger partial charge is 0.469 e. The number of nitrogens with one attached hydrogen (secondary N) is 1. The Balaban J connectivity index is 1.71. The summed E-state index contributed by atoms with van der Waals surface area (Å²) in [6, 6.07) is 9.68. The van der Waals surface area contributed by atoms with Crippen LogP contribution < -0.4 is 5.32 Å². The summed E-state index contributed by atoms with van der Waals surface area (Å²) < 4.78 is 10.2. The van der Waals surface area contributed by atoms with Gasteiger partial charge in [-0.15, -0.1) is 0 Å². The number of hydrogen-bond donors (Lipinski definition) is 1. The Labute approximate surface area is 134 Å². The van der Waals surface area contributed by atoms with Crippen molar-refractivity contribution < 1.29 is 18.7 Å². The Morgan fingerprint density at radius 2 is 2.00 bits per heavy atom. The van der Waals surface area contributed by atoms with Gasteiger partial charge >= 0.3 is 5.97 Å². The normalized spacial score (nSPS) is 10.3. The Morgan fingerprint density at radius 1 is 1.22 bits per heavy atom. The van der Waals surface area contributed by atoms with Crippen molar-refractivity contribution in [2.24, 2.45) is 0 Å². The predicted octanol–water partition coefficient (Wildman–Crippen LogP) is 2.34. The molecule has 1 amide bonds. The van der Waals surface area contributed by atoms with E-state index in [2.05, 4.69) is 15.0 Å². The number of aromatic nitrogens is 1. The minimum atomic E-state index is -0.271. The minimum absolute atomic E-state index is 0.0886. The standard InChI is InChI=1S/C17H20N2O4/c1-22-17(21)8-5-11-18-15(20)9-10-16-19-12-14(23-16)13-6-3-2-4-7-13/h2-4,6-7,12H,5,8-11H2,1H3,(H,18,20). The van der Waals surface area contributed by atoms with Crippen molar-refractivity contribution in [3.05, 3.63) is 42.4 Å². The van der Waals surface area contributed by atoms with Gasteiger partial charge in [-0.3, -0.25) is 9.59 Å². The zero-order valence-corrected chi connectivity index (χ0v) is 13.1. The van der Waals surface area contributed by atoms with Gasteiger partial charge in [0, 0.05) is 31.4 Å². The zero-order chi connectivity index (χ0) is 16.5. The van der Waals surface area contributed by atoms with E-state index in [9.17, 15) is 9.59 Å². The van der Waals surface area contributed by atoms with E-state index in [0.29, 0.717) is 43.9 Å². The van der Waals surface area contributed by atoms with Crippen molar-refractivity contribution in [2.75, 3.05) is 13.7 Å². The van der Waals surface area contributed by atoms with Crippen molar-refractivity contribution in [3.8, 4) is 11.3 Å². The highest BCUT2D eigenvalue weighted by Gasteiger charge is 2.09. The van der Waals surface area contributed by atoms with E-state index in [0.717, 1.165) is 5.56 Å². The molecule has 6 heteroatoms. The summed E-state index contributed by atoms with van der Waals surface area (Å²) in [4.78, 5) is 26.8. The molecule has 0 radical (unpaired) electrons.